The first-order valence-electron chi connectivity index (χ1n) is 4.71. The number of hydrogen-bond acceptors (Lipinski definition) is 2. The van der Waals surface area contributed by atoms with Crippen molar-refractivity contribution < 1.29 is 31.5 Å². The summed E-state index contributed by atoms with van der Waals surface area (Å²) in [4.78, 5) is 11.0. The van der Waals surface area contributed by atoms with E-state index >= 15 is 0 Å². The van der Waals surface area contributed by atoms with E-state index in [0.29, 0.717) is 6.42 Å². The lowest BCUT2D eigenvalue weighted by molar-refractivity contribution is -0.202. The second kappa shape index (κ2) is 6.00. The van der Waals surface area contributed by atoms with E-state index in [1.165, 1.54) is 6.92 Å². The van der Waals surface area contributed by atoms with E-state index in [1.54, 1.807) is 6.92 Å². The number of carbonyl (C=O) groups excluding carboxylic acids is 1. The molecule has 0 saturated carbocycles. The summed E-state index contributed by atoms with van der Waals surface area (Å²) in [7, 11) is 0. The van der Waals surface area contributed by atoms with Crippen molar-refractivity contribution in [1.82, 2.24) is 0 Å². The first kappa shape index (κ1) is 15.1. The standard InChI is InChI=1S/C9H13F5O2/c1-3-5(2)8(15)16-4-6(10)7(11)9(12,13)14/h5-7H,3-4H2,1-2H3. The fourth-order valence-corrected chi connectivity index (χ4v) is 0.760. The van der Waals surface area contributed by atoms with E-state index < -0.39 is 37.0 Å². The van der Waals surface area contributed by atoms with Gasteiger partial charge in [-0.3, -0.25) is 4.79 Å². The average molecular weight is 248 g/mol. The smallest absolute Gasteiger partial charge is 0.422 e. The quantitative estimate of drug-likeness (QED) is 0.552. The summed E-state index contributed by atoms with van der Waals surface area (Å²) in [6, 6.07) is 0. The predicted molar refractivity (Wildman–Crippen MR) is 46.3 cm³/mol. The summed E-state index contributed by atoms with van der Waals surface area (Å²) in [5.74, 6) is -1.38. The van der Waals surface area contributed by atoms with Crippen LogP contribution in [0.4, 0.5) is 22.0 Å². The maximum Gasteiger partial charge on any atom is 0.422 e. The maximum absolute atomic E-state index is 12.6. The second-order valence-corrected chi connectivity index (χ2v) is 3.40. The Kier molecular flexibility index (Phi) is 5.67. The highest BCUT2D eigenvalue weighted by atomic mass is 19.4. The fourth-order valence-electron chi connectivity index (χ4n) is 0.760. The van der Waals surface area contributed by atoms with E-state index in [9.17, 15) is 26.7 Å². The van der Waals surface area contributed by atoms with E-state index in [2.05, 4.69) is 4.74 Å². The molecule has 0 rings (SSSR count). The molecule has 2 nitrogen and oxygen atoms in total. The third-order valence-electron chi connectivity index (χ3n) is 2.03. The molecule has 96 valence electrons. The number of alkyl halides is 5. The summed E-state index contributed by atoms with van der Waals surface area (Å²) in [5, 5.41) is 0. The number of esters is 1. The molecule has 0 bridgehead atoms. The van der Waals surface area contributed by atoms with Gasteiger partial charge in [0.05, 0.1) is 5.92 Å². The first-order chi connectivity index (χ1) is 7.20. The van der Waals surface area contributed by atoms with Gasteiger partial charge in [-0.2, -0.15) is 13.2 Å². The number of hydrogen-bond donors (Lipinski definition) is 0. The number of carbonyl (C=O) groups is 1. The lowest BCUT2D eigenvalue weighted by atomic mass is 10.1. The summed E-state index contributed by atoms with van der Waals surface area (Å²) in [6.45, 7) is 1.92. The molecule has 0 radical (unpaired) electrons. The monoisotopic (exact) mass is 248 g/mol. The Morgan fingerprint density at radius 3 is 2.19 bits per heavy atom. The van der Waals surface area contributed by atoms with E-state index in [0.717, 1.165) is 0 Å². The van der Waals surface area contributed by atoms with Crippen molar-refractivity contribution >= 4 is 5.97 Å². The van der Waals surface area contributed by atoms with Gasteiger partial charge in [0.1, 0.15) is 6.61 Å². The lowest BCUT2D eigenvalue weighted by Gasteiger charge is -2.17. The van der Waals surface area contributed by atoms with E-state index in [4.69, 9.17) is 0 Å². The third-order valence-corrected chi connectivity index (χ3v) is 2.03. The van der Waals surface area contributed by atoms with Crippen molar-refractivity contribution in [2.75, 3.05) is 6.61 Å². The second-order valence-electron chi connectivity index (χ2n) is 3.40. The maximum atomic E-state index is 12.6. The summed E-state index contributed by atoms with van der Waals surface area (Å²) in [6.07, 6.45) is -11.4. The van der Waals surface area contributed by atoms with Crippen molar-refractivity contribution in [3.63, 3.8) is 0 Å². The van der Waals surface area contributed by atoms with Gasteiger partial charge in [0.2, 0.25) is 6.17 Å². The Morgan fingerprint density at radius 1 is 1.31 bits per heavy atom. The van der Waals surface area contributed by atoms with Crippen LogP contribution in [0.5, 0.6) is 0 Å². The Morgan fingerprint density at radius 2 is 1.81 bits per heavy atom. The van der Waals surface area contributed by atoms with Crippen molar-refractivity contribution in [3.8, 4) is 0 Å². The zero-order valence-electron chi connectivity index (χ0n) is 8.85. The highest BCUT2D eigenvalue weighted by Gasteiger charge is 2.46. The van der Waals surface area contributed by atoms with Crippen LogP contribution in [0, 0.1) is 5.92 Å². The van der Waals surface area contributed by atoms with Crippen molar-refractivity contribution in [2.45, 2.75) is 38.8 Å². The van der Waals surface area contributed by atoms with Crippen LogP contribution in [0.25, 0.3) is 0 Å². The van der Waals surface area contributed by atoms with Crippen molar-refractivity contribution in [2.24, 2.45) is 5.92 Å². The van der Waals surface area contributed by atoms with Gasteiger partial charge < -0.3 is 4.74 Å². The molecule has 0 heterocycles. The number of ether oxygens (including phenoxy) is 1. The number of halogens is 5. The zero-order chi connectivity index (χ0) is 12.9. The van der Waals surface area contributed by atoms with Crippen LogP contribution in [0.15, 0.2) is 0 Å². The molecule has 3 unspecified atom stereocenters. The molecule has 16 heavy (non-hydrogen) atoms. The van der Waals surface area contributed by atoms with Crippen LogP contribution in [-0.4, -0.2) is 31.1 Å². The molecule has 3 atom stereocenters. The Balaban J connectivity index is 4.08. The third kappa shape index (κ3) is 4.76. The molecule has 0 spiro atoms. The summed E-state index contributed by atoms with van der Waals surface area (Å²) in [5.41, 5.74) is 0. The topological polar surface area (TPSA) is 26.3 Å². The molecule has 0 aliphatic rings. The SMILES string of the molecule is CCC(C)C(=O)OCC(F)C(F)C(F)(F)F. The minimum atomic E-state index is -5.28. The van der Waals surface area contributed by atoms with Crippen LogP contribution in [-0.2, 0) is 9.53 Å². The van der Waals surface area contributed by atoms with E-state index in [-0.39, 0.29) is 0 Å². The molecule has 0 N–H and O–H groups in total. The normalized spacial score (nSPS) is 17.7. The van der Waals surface area contributed by atoms with Crippen molar-refractivity contribution in [1.29, 1.82) is 0 Å². The number of rotatable bonds is 5. The minimum absolute atomic E-state index is 0.411. The predicted octanol–water partition coefficient (Wildman–Crippen LogP) is 2.81. The van der Waals surface area contributed by atoms with Crippen LogP contribution in [0.2, 0.25) is 0 Å². The van der Waals surface area contributed by atoms with Gasteiger partial charge in [-0.25, -0.2) is 8.78 Å². The molecule has 0 aliphatic carbocycles. The zero-order valence-corrected chi connectivity index (χ0v) is 8.85. The first-order valence-corrected chi connectivity index (χ1v) is 4.71. The molecule has 0 aromatic carbocycles. The summed E-state index contributed by atoms with van der Waals surface area (Å²) >= 11 is 0. The van der Waals surface area contributed by atoms with Crippen LogP contribution >= 0.6 is 0 Å². The van der Waals surface area contributed by atoms with Gasteiger partial charge in [-0.05, 0) is 6.42 Å². The molecule has 0 fully saturated rings. The highest BCUT2D eigenvalue weighted by molar-refractivity contribution is 5.71. The Labute approximate surface area is 89.8 Å². The Bertz CT molecular complexity index is 228. The molecular formula is C9H13F5O2. The molecule has 0 aliphatic heterocycles. The van der Waals surface area contributed by atoms with Gasteiger partial charge in [-0.15, -0.1) is 0 Å². The van der Waals surface area contributed by atoms with E-state index in [1.807, 2.05) is 0 Å². The van der Waals surface area contributed by atoms with Gasteiger partial charge in [0.15, 0.2) is 6.17 Å². The van der Waals surface area contributed by atoms with Crippen LogP contribution < -0.4 is 0 Å². The Hall–Kier alpha value is -0.880. The van der Waals surface area contributed by atoms with Gasteiger partial charge in [-0.1, -0.05) is 13.8 Å². The molecule has 0 amide bonds. The largest absolute Gasteiger partial charge is 0.462 e. The van der Waals surface area contributed by atoms with Gasteiger partial charge in [0.25, 0.3) is 0 Å². The van der Waals surface area contributed by atoms with Gasteiger partial charge in [0, 0.05) is 0 Å². The van der Waals surface area contributed by atoms with Gasteiger partial charge >= 0.3 is 12.1 Å². The molecule has 0 aromatic rings. The molecule has 0 saturated heterocycles. The van der Waals surface area contributed by atoms with Crippen LogP contribution in [0.1, 0.15) is 20.3 Å². The van der Waals surface area contributed by atoms with Crippen LogP contribution in [0.3, 0.4) is 0 Å². The average Bonchev–Trinajstić information content (AvgIpc) is 2.21. The molecule has 0 aromatic heterocycles. The molecular weight excluding hydrogens is 235 g/mol. The lowest BCUT2D eigenvalue weighted by Crippen LogP contribution is -2.37. The molecule has 7 heteroatoms. The fraction of sp³-hybridized carbons (Fsp3) is 0.889. The van der Waals surface area contributed by atoms with Crippen molar-refractivity contribution in [3.05, 3.63) is 0 Å². The highest BCUT2D eigenvalue weighted by Crippen LogP contribution is 2.27. The summed E-state index contributed by atoms with van der Waals surface area (Å²) < 4.78 is 64.3. The minimum Gasteiger partial charge on any atom is -0.462 e.